The highest BCUT2D eigenvalue weighted by Gasteiger charge is 2.42. The number of phenolic OH excluding ortho intramolecular Hbond substituents is 1. The first-order chi connectivity index (χ1) is 8.07. The summed E-state index contributed by atoms with van der Waals surface area (Å²) in [7, 11) is 0. The van der Waals surface area contributed by atoms with Crippen LogP contribution in [0.25, 0.3) is 0 Å². The van der Waals surface area contributed by atoms with Crippen LogP contribution in [0.5, 0.6) is 11.5 Å². The molecule has 17 heavy (non-hydrogen) atoms. The van der Waals surface area contributed by atoms with Gasteiger partial charge in [0.25, 0.3) is 0 Å². The lowest BCUT2D eigenvalue weighted by molar-refractivity contribution is -0.157. The highest BCUT2D eigenvalue weighted by Crippen LogP contribution is 2.37. The second-order valence-corrected chi connectivity index (χ2v) is 4.44. The van der Waals surface area contributed by atoms with E-state index < -0.39 is 11.6 Å². The van der Waals surface area contributed by atoms with E-state index in [0.717, 1.165) is 12.0 Å². The van der Waals surface area contributed by atoms with E-state index in [1.165, 1.54) is 6.07 Å². The number of aliphatic carboxylic acids is 1. The summed E-state index contributed by atoms with van der Waals surface area (Å²) in [4.78, 5) is 11.4. The first kappa shape index (κ1) is 11.8. The van der Waals surface area contributed by atoms with Crippen LogP contribution in [-0.2, 0) is 11.2 Å². The van der Waals surface area contributed by atoms with Crippen LogP contribution < -0.4 is 4.74 Å². The van der Waals surface area contributed by atoms with Gasteiger partial charge in [-0.3, -0.25) is 0 Å². The molecule has 1 aliphatic heterocycles. The van der Waals surface area contributed by atoms with Crippen molar-refractivity contribution >= 4 is 5.97 Å². The minimum absolute atomic E-state index is 0.0986. The van der Waals surface area contributed by atoms with Crippen molar-refractivity contribution in [2.45, 2.75) is 38.2 Å². The van der Waals surface area contributed by atoms with Gasteiger partial charge in [-0.2, -0.15) is 0 Å². The standard InChI is InChI=1S/C13H16O4/c1-2-6-13(12(15)16)7-5-9-3-4-10(14)8-11(9)17-13/h3-4,8,14H,2,5-7H2,1H3,(H,15,16). The SMILES string of the molecule is CCCC1(C(=O)O)CCc2ccc(O)cc2O1. The van der Waals surface area contributed by atoms with Crippen LogP contribution in [0, 0.1) is 0 Å². The number of fused-ring (bicyclic) bond motifs is 1. The van der Waals surface area contributed by atoms with Crippen LogP contribution in [0.2, 0.25) is 0 Å². The van der Waals surface area contributed by atoms with Crippen LogP contribution in [0.3, 0.4) is 0 Å². The summed E-state index contributed by atoms with van der Waals surface area (Å²) < 4.78 is 5.64. The van der Waals surface area contributed by atoms with E-state index in [0.29, 0.717) is 25.0 Å². The Morgan fingerprint density at radius 1 is 1.53 bits per heavy atom. The van der Waals surface area contributed by atoms with Crippen molar-refractivity contribution in [3.8, 4) is 11.5 Å². The zero-order valence-electron chi connectivity index (χ0n) is 9.77. The molecule has 0 amide bonds. The third kappa shape index (κ3) is 2.07. The molecular formula is C13H16O4. The number of hydrogen-bond acceptors (Lipinski definition) is 3. The molecule has 1 unspecified atom stereocenters. The summed E-state index contributed by atoms with van der Waals surface area (Å²) in [5.74, 6) is -0.332. The second kappa shape index (κ2) is 4.28. The minimum Gasteiger partial charge on any atom is -0.508 e. The predicted octanol–water partition coefficient (Wildman–Crippen LogP) is 2.34. The molecule has 0 saturated heterocycles. The number of carboxylic acid groups (broad SMARTS) is 1. The molecule has 0 spiro atoms. The third-order valence-corrected chi connectivity index (χ3v) is 3.20. The molecule has 1 heterocycles. The summed E-state index contributed by atoms with van der Waals surface area (Å²) in [6.45, 7) is 1.94. The van der Waals surface area contributed by atoms with Gasteiger partial charge < -0.3 is 14.9 Å². The quantitative estimate of drug-likeness (QED) is 0.845. The van der Waals surface area contributed by atoms with Crippen molar-refractivity contribution in [2.75, 3.05) is 0 Å². The maximum absolute atomic E-state index is 11.4. The van der Waals surface area contributed by atoms with Crippen molar-refractivity contribution in [3.05, 3.63) is 23.8 Å². The highest BCUT2D eigenvalue weighted by molar-refractivity contribution is 5.78. The fourth-order valence-electron chi connectivity index (χ4n) is 2.28. The number of carboxylic acids is 1. The number of phenols is 1. The average Bonchev–Trinajstić information content (AvgIpc) is 2.28. The Morgan fingerprint density at radius 3 is 2.94 bits per heavy atom. The van der Waals surface area contributed by atoms with Crippen LogP contribution in [0.4, 0.5) is 0 Å². The van der Waals surface area contributed by atoms with Crippen LogP contribution in [0.15, 0.2) is 18.2 Å². The predicted molar refractivity (Wildman–Crippen MR) is 62.3 cm³/mol. The van der Waals surface area contributed by atoms with Crippen LogP contribution >= 0.6 is 0 Å². The molecule has 0 fully saturated rings. The molecule has 0 aromatic heterocycles. The van der Waals surface area contributed by atoms with E-state index in [2.05, 4.69) is 0 Å². The summed E-state index contributed by atoms with van der Waals surface area (Å²) in [5, 5.41) is 18.7. The van der Waals surface area contributed by atoms with Gasteiger partial charge in [-0.25, -0.2) is 4.79 Å². The fraction of sp³-hybridized carbons (Fsp3) is 0.462. The lowest BCUT2D eigenvalue weighted by Crippen LogP contribution is -2.47. The Balaban J connectivity index is 2.34. The lowest BCUT2D eigenvalue weighted by atomic mass is 9.87. The zero-order chi connectivity index (χ0) is 12.5. The molecule has 0 radical (unpaired) electrons. The number of hydrogen-bond donors (Lipinski definition) is 2. The molecule has 1 atom stereocenters. The zero-order valence-corrected chi connectivity index (χ0v) is 9.77. The molecule has 92 valence electrons. The Bertz CT molecular complexity index is 441. The van der Waals surface area contributed by atoms with Gasteiger partial charge in [0.05, 0.1) is 0 Å². The Labute approximate surface area is 99.8 Å². The minimum atomic E-state index is -1.13. The topological polar surface area (TPSA) is 66.8 Å². The monoisotopic (exact) mass is 236 g/mol. The van der Waals surface area contributed by atoms with Gasteiger partial charge in [-0.15, -0.1) is 0 Å². The van der Waals surface area contributed by atoms with Gasteiger partial charge in [-0.1, -0.05) is 19.4 Å². The normalized spacial score (nSPS) is 22.6. The summed E-state index contributed by atoms with van der Waals surface area (Å²) >= 11 is 0. The first-order valence-electron chi connectivity index (χ1n) is 5.82. The summed E-state index contributed by atoms with van der Waals surface area (Å²) in [6.07, 6.45) is 2.38. The Hall–Kier alpha value is -1.71. The van der Waals surface area contributed by atoms with Gasteiger partial charge in [-0.05, 0) is 24.5 Å². The first-order valence-corrected chi connectivity index (χ1v) is 5.82. The number of carbonyl (C=O) groups is 1. The number of rotatable bonds is 3. The molecular weight excluding hydrogens is 220 g/mol. The van der Waals surface area contributed by atoms with Gasteiger partial charge in [0.1, 0.15) is 11.5 Å². The van der Waals surface area contributed by atoms with Crippen LogP contribution in [0.1, 0.15) is 31.7 Å². The summed E-state index contributed by atoms with van der Waals surface area (Å²) in [6, 6.07) is 4.86. The number of aryl methyl sites for hydroxylation is 1. The van der Waals surface area contributed by atoms with E-state index >= 15 is 0 Å². The smallest absolute Gasteiger partial charge is 0.348 e. The molecule has 2 rings (SSSR count). The molecule has 4 nitrogen and oxygen atoms in total. The van der Waals surface area contributed by atoms with Gasteiger partial charge in [0.15, 0.2) is 0 Å². The largest absolute Gasteiger partial charge is 0.508 e. The lowest BCUT2D eigenvalue weighted by Gasteiger charge is -2.35. The van der Waals surface area contributed by atoms with E-state index in [-0.39, 0.29) is 5.75 Å². The van der Waals surface area contributed by atoms with Crippen molar-refractivity contribution in [1.29, 1.82) is 0 Å². The number of benzene rings is 1. The maximum Gasteiger partial charge on any atom is 0.348 e. The van der Waals surface area contributed by atoms with E-state index in [1.54, 1.807) is 12.1 Å². The molecule has 2 N–H and O–H groups in total. The molecule has 0 bridgehead atoms. The van der Waals surface area contributed by atoms with E-state index in [1.807, 2.05) is 6.92 Å². The van der Waals surface area contributed by atoms with Gasteiger partial charge in [0.2, 0.25) is 5.60 Å². The van der Waals surface area contributed by atoms with Gasteiger partial charge >= 0.3 is 5.97 Å². The fourth-order valence-corrected chi connectivity index (χ4v) is 2.28. The van der Waals surface area contributed by atoms with Crippen molar-refractivity contribution in [2.24, 2.45) is 0 Å². The number of aromatic hydroxyl groups is 1. The molecule has 1 aliphatic rings. The van der Waals surface area contributed by atoms with Crippen molar-refractivity contribution < 1.29 is 19.7 Å². The molecule has 1 aromatic rings. The second-order valence-electron chi connectivity index (χ2n) is 4.44. The summed E-state index contributed by atoms with van der Waals surface area (Å²) in [5.41, 5.74) is -0.175. The number of ether oxygens (including phenoxy) is 1. The molecule has 1 aromatic carbocycles. The highest BCUT2D eigenvalue weighted by atomic mass is 16.5. The van der Waals surface area contributed by atoms with E-state index in [4.69, 9.17) is 4.74 Å². The Morgan fingerprint density at radius 2 is 2.29 bits per heavy atom. The van der Waals surface area contributed by atoms with Crippen molar-refractivity contribution in [3.63, 3.8) is 0 Å². The molecule has 0 aliphatic carbocycles. The van der Waals surface area contributed by atoms with E-state index in [9.17, 15) is 15.0 Å². The van der Waals surface area contributed by atoms with Gasteiger partial charge in [0, 0.05) is 12.5 Å². The molecule has 0 saturated carbocycles. The average molecular weight is 236 g/mol. The van der Waals surface area contributed by atoms with Crippen molar-refractivity contribution in [1.82, 2.24) is 0 Å². The van der Waals surface area contributed by atoms with Crippen LogP contribution in [-0.4, -0.2) is 21.8 Å². The third-order valence-electron chi connectivity index (χ3n) is 3.20. The Kier molecular flexibility index (Phi) is 2.96. The molecule has 4 heteroatoms. The maximum atomic E-state index is 11.4.